The molecule has 2 aromatic rings. The molecule has 0 unspecified atom stereocenters. The van der Waals surface area contributed by atoms with Crippen molar-refractivity contribution >= 4 is 18.0 Å². The second kappa shape index (κ2) is 6.28. The van der Waals surface area contributed by atoms with Crippen LogP contribution < -0.4 is 5.32 Å². The molecule has 0 saturated heterocycles. The van der Waals surface area contributed by atoms with Gasteiger partial charge in [0.15, 0.2) is 0 Å². The van der Waals surface area contributed by atoms with E-state index in [-0.39, 0.29) is 5.91 Å². The largest absolute Gasteiger partial charge is 0.478 e. The van der Waals surface area contributed by atoms with Crippen LogP contribution in [0.4, 0.5) is 0 Å². The number of aromatic nitrogens is 3. The summed E-state index contributed by atoms with van der Waals surface area (Å²) in [6.45, 7) is 0.327. The van der Waals surface area contributed by atoms with Crippen LogP contribution in [0.15, 0.2) is 37.1 Å². The van der Waals surface area contributed by atoms with Gasteiger partial charge in [0.2, 0.25) is 0 Å². The van der Waals surface area contributed by atoms with Crippen LogP contribution in [-0.4, -0.2) is 31.9 Å². The zero-order valence-electron chi connectivity index (χ0n) is 10.4. The van der Waals surface area contributed by atoms with Crippen molar-refractivity contribution in [2.75, 3.05) is 0 Å². The molecule has 2 rings (SSSR count). The van der Waals surface area contributed by atoms with E-state index in [0.29, 0.717) is 17.7 Å². The second-order valence-corrected chi connectivity index (χ2v) is 3.94. The molecule has 7 heteroatoms. The Morgan fingerprint density at radius 3 is 2.85 bits per heavy atom. The zero-order chi connectivity index (χ0) is 14.4. The number of H-pyrrole nitrogens is 1. The molecular weight excluding hydrogens is 260 g/mol. The third kappa shape index (κ3) is 3.77. The summed E-state index contributed by atoms with van der Waals surface area (Å²) in [5.41, 5.74) is 1.69. The molecular formula is C13H12N4O3. The number of carbonyl (C=O) groups excluding carboxylic acids is 1. The topological polar surface area (TPSA) is 108 Å². The summed E-state index contributed by atoms with van der Waals surface area (Å²) >= 11 is 0. The smallest absolute Gasteiger partial charge is 0.328 e. The first-order valence-corrected chi connectivity index (χ1v) is 5.76. The Kier molecular flexibility index (Phi) is 4.23. The van der Waals surface area contributed by atoms with Crippen LogP contribution in [0.3, 0.4) is 0 Å². The maximum atomic E-state index is 11.9. The predicted octanol–water partition coefficient (Wildman–Crippen LogP) is 0.833. The molecule has 3 N–H and O–H groups in total. The van der Waals surface area contributed by atoms with Gasteiger partial charge < -0.3 is 15.4 Å². The molecule has 0 bridgehead atoms. The highest BCUT2D eigenvalue weighted by Gasteiger charge is 2.06. The minimum Gasteiger partial charge on any atom is -0.478 e. The van der Waals surface area contributed by atoms with E-state index >= 15 is 0 Å². The van der Waals surface area contributed by atoms with Crippen LogP contribution in [-0.2, 0) is 11.3 Å². The highest BCUT2D eigenvalue weighted by molar-refractivity contribution is 5.94. The molecule has 2 heterocycles. The number of nitrogens with zero attached hydrogens (tertiary/aromatic N) is 2. The Bertz CT molecular complexity index is 635. The molecule has 0 aliphatic heterocycles. The molecule has 0 aliphatic carbocycles. The van der Waals surface area contributed by atoms with Gasteiger partial charge in [-0.2, -0.15) is 0 Å². The van der Waals surface area contributed by atoms with Gasteiger partial charge in [0, 0.05) is 24.7 Å². The lowest BCUT2D eigenvalue weighted by molar-refractivity contribution is -0.131. The van der Waals surface area contributed by atoms with Crippen molar-refractivity contribution in [2.45, 2.75) is 6.54 Å². The number of aromatic amines is 1. The molecule has 2 aromatic heterocycles. The number of nitrogens with one attached hydrogen (secondary N) is 2. The normalized spacial score (nSPS) is 10.6. The summed E-state index contributed by atoms with van der Waals surface area (Å²) in [5.74, 6) is -1.35. The van der Waals surface area contributed by atoms with Gasteiger partial charge in [-0.3, -0.25) is 9.78 Å². The van der Waals surface area contributed by atoms with Crippen LogP contribution in [0.25, 0.3) is 6.08 Å². The van der Waals surface area contributed by atoms with E-state index in [0.717, 1.165) is 11.8 Å². The number of hydrogen-bond acceptors (Lipinski definition) is 4. The molecule has 102 valence electrons. The van der Waals surface area contributed by atoms with Crippen molar-refractivity contribution in [3.63, 3.8) is 0 Å². The van der Waals surface area contributed by atoms with Crippen molar-refractivity contribution in [3.8, 4) is 0 Å². The molecule has 0 aliphatic rings. The van der Waals surface area contributed by atoms with E-state index in [9.17, 15) is 9.59 Å². The quantitative estimate of drug-likeness (QED) is 0.699. The van der Waals surface area contributed by atoms with E-state index in [1.807, 2.05) is 0 Å². The fraction of sp³-hybridized carbons (Fsp3) is 0.0769. The first-order chi connectivity index (χ1) is 9.65. The Hall–Kier alpha value is -2.96. The number of carboxylic acid groups (broad SMARTS) is 1. The molecule has 0 atom stereocenters. The lowest BCUT2D eigenvalue weighted by atomic mass is 10.2. The van der Waals surface area contributed by atoms with Gasteiger partial charge in [-0.05, 0) is 17.7 Å². The monoisotopic (exact) mass is 272 g/mol. The number of amides is 1. The first kappa shape index (κ1) is 13.5. The fourth-order valence-electron chi connectivity index (χ4n) is 1.50. The summed E-state index contributed by atoms with van der Waals surface area (Å²) in [6.07, 6.45) is 8.40. The highest BCUT2D eigenvalue weighted by Crippen LogP contribution is 2.05. The molecule has 20 heavy (non-hydrogen) atoms. The van der Waals surface area contributed by atoms with E-state index in [4.69, 9.17) is 5.11 Å². The number of carbonyl (C=O) groups is 2. The summed E-state index contributed by atoms with van der Waals surface area (Å²) < 4.78 is 0. The van der Waals surface area contributed by atoms with Crippen LogP contribution >= 0.6 is 0 Å². The number of carboxylic acids is 1. The number of hydrogen-bond donors (Lipinski definition) is 3. The van der Waals surface area contributed by atoms with Crippen LogP contribution in [0, 0.1) is 0 Å². The van der Waals surface area contributed by atoms with Gasteiger partial charge in [-0.1, -0.05) is 0 Å². The fourth-order valence-corrected chi connectivity index (χ4v) is 1.50. The van der Waals surface area contributed by atoms with Crippen LogP contribution in [0.1, 0.15) is 21.6 Å². The number of imidazole rings is 1. The Morgan fingerprint density at radius 1 is 1.30 bits per heavy atom. The summed E-state index contributed by atoms with van der Waals surface area (Å²) in [4.78, 5) is 33.0. The van der Waals surface area contributed by atoms with Gasteiger partial charge in [0.1, 0.15) is 0 Å². The van der Waals surface area contributed by atoms with Crippen LogP contribution in [0.5, 0.6) is 0 Å². The maximum absolute atomic E-state index is 11.9. The van der Waals surface area contributed by atoms with Crippen LogP contribution in [0.2, 0.25) is 0 Å². The number of rotatable bonds is 5. The molecule has 1 amide bonds. The number of aliphatic carboxylic acids is 1. The van der Waals surface area contributed by atoms with E-state index in [1.165, 1.54) is 24.8 Å². The minimum absolute atomic E-state index is 0.294. The molecule has 0 spiro atoms. The SMILES string of the molecule is O=C(O)C=Cc1cncc(C(=O)NCc2cnc[nH]2)c1. The zero-order valence-corrected chi connectivity index (χ0v) is 10.4. The Labute approximate surface area is 114 Å². The lowest BCUT2D eigenvalue weighted by Gasteiger charge is -2.04. The summed E-state index contributed by atoms with van der Waals surface area (Å²) in [7, 11) is 0. The Balaban J connectivity index is 2.02. The molecule has 0 radical (unpaired) electrons. The van der Waals surface area contributed by atoms with E-state index < -0.39 is 5.97 Å². The first-order valence-electron chi connectivity index (χ1n) is 5.76. The van der Waals surface area contributed by atoms with E-state index in [2.05, 4.69) is 20.3 Å². The molecule has 0 fully saturated rings. The average Bonchev–Trinajstić information content (AvgIpc) is 2.96. The third-order valence-electron chi connectivity index (χ3n) is 2.43. The van der Waals surface area contributed by atoms with Gasteiger partial charge in [-0.25, -0.2) is 9.78 Å². The summed E-state index contributed by atoms with van der Waals surface area (Å²) in [5, 5.41) is 11.3. The van der Waals surface area contributed by atoms with Crippen molar-refractivity contribution in [1.29, 1.82) is 0 Å². The third-order valence-corrected chi connectivity index (χ3v) is 2.43. The second-order valence-electron chi connectivity index (χ2n) is 3.94. The van der Waals surface area contributed by atoms with Crippen molar-refractivity contribution in [2.24, 2.45) is 0 Å². The molecule has 0 saturated carbocycles. The Morgan fingerprint density at radius 2 is 2.15 bits per heavy atom. The predicted molar refractivity (Wildman–Crippen MR) is 70.7 cm³/mol. The van der Waals surface area contributed by atoms with Crippen molar-refractivity contribution < 1.29 is 14.7 Å². The van der Waals surface area contributed by atoms with E-state index in [1.54, 1.807) is 12.3 Å². The average molecular weight is 272 g/mol. The lowest BCUT2D eigenvalue weighted by Crippen LogP contribution is -2.23. The van der Waals surface area contributed by atoms with Crippen molar-refractivity contribution in [3.05, 3.63) is 53.9 Å². The number of pyridine rings is 1. The van der Waals surface area contributed by atoms with Crippen molar-refractivity contribution in [1.82, 2.24) is 20.3 Å². The molecule has 7 nitrogen and oxygen atoms in total. The molecule has 0 aromatic carbocycles. The van der Waals surface area contributed by atoms with Gasteiger partial charge >= 0.3 is 5.97 Å². The van der Waals surface area contributed by atoms with Gasteiger partial charge in [0.25, 0.3) is 5.91 Å². The standard InChI is InChI=1S/C13H12N4O3/c18-12(19)2-1-9-3-10(5-14-4-9)13(20)16-7-11-6-15-8-17-11/h1-6,8H,7H2,(H,15,17)(H,16,20)(H,18,19). The van der Waals surface area contributed by atoms with Gasteiger partial charge in [-0.15, -0.1) is 0 Å². The maximum Gasteiger partial charge on any atom is 0.328 e. The minimum atomic E-state index is -1.06. The highest BCUT2D eigenvalue weighted by atomic mass is 16.4. The summed E-state index contributed by atoms with van der Waals surface area (Å²) in [6, 6.07) is 1.56. The van der Waals surface area contributed by atoms with Gasteiger partial charge in [0.05, 0.1) is 24.1 Å².